The van der Waals surface area contributed by atoms with Crippen molar-refractivity contribution in [1.29, 1.82) is 0 Å². The lowest BCUT2D eigenvalue weighted by Crippen LogP contribution is -2.16. The smallest absolute Gasteiger partial charge is 0.157 e. The van der Waals surface area contributed by atoms with Crippen LogP contribution in [0.15, 0.2) is 0 Å². The summed E-state index contributed by atoms with van der Waals surface area (Å²) >= 11 is 0. The number of ketones is 1. The number of Topliss-reactive ketones (excluding diaryl/α,β-unsaturated/α-hetero) is 1. The van der Waals surface area contributed by atoms with Gasteiger partial charge in [0, 0.05) is 26.6 Å². The Bertz CT molecular complexity index is 112. The van der Waals surface area contributed by atoms with Crippen LogP contribution in [0.3, 0.4) is 0 Å². The van der Waals surface area contributed by atoms with E-state index in [-0.39, 0.29) is 12.1 Å². The van der Waals surface area contributed by atoms with Gasteiger partial charge in [-0.05, 0) is 13.8 Å². The molecule has 0 aliphatic carbocycles. The average molecular weight is 160 g/mol. The zero-order valence-electron chi connectivity index (χ0n) is 7.42. The first-order chi connectivity index (χ1) is 5.20. The summed E-state index contributed by atoms with van der Waals surface area (Å²) in [6.45, 7) is 4.09. The lowest BCUT2D eigenvalue weighted by molar-refractivity contribution is -0.132. The van der Waals surface area contributed by atoms with Gasteiger partial charge in [0.2, 0.25) is 0 Å². The van der Waals surface area contributed by atoms with E-state index >= 15 is 0 Å². The fourth-order valence-electron chi connectivity index (χ4n) is 0.776. The molecule has 0 aromatic rings. The summed E-state index contributed by atoms with van der Waals surface area (Å²) in [5.41, 5.74) is 0. The van der Waals surface area contributed by atoms with Gasteiger partial charge in [-0.25, -0.2) is 0 Å². The van der Waals surface area contributed by atoms with Gasteiger partial charge in [-0.3, -0.25) is 0 Å². The van der Waals surface area contributed by atoms with Crippen molar-refractivity contribution in [3.63, 3.8) is 0 Å². The van der Waals surface area contributed by atoms with Crippen LogP contribution in [0.2, 0.25) is 0 Å². The van der Waals surface area contributed by atoms with Crippen LogP contribution in [0.4, 0.5) is 0 Å². The quantitative estimate of drug-likeness (QED) is 0.550. The van der Waals surface area contributed by atoms with Gasteiger partial charge in [0.05, 0.1) is 0 Å². The van der Waals surface area contributed by atoms with Gasteiger partial charge in [0.25, 0.3) is 0 Å². The number of hydrogen-bond acceptors (Lipinski definition) is 3. The Morgan fingerprint density at radius 1 is 1.55 bits per heavy atom. The average Bonchev–Trinajstić information content (AvgIpc) is 1.97. The van der Waals surface area contributed by atoms with Crippen molar-refractivity contribution in [3.05, 3.63) is 0 Å². The van der Waals surface area contributed by atoms with Crippen molar-refractivity contribution in [2.24, 2.45) is 0 Å². The molecule has 0 amide bonds. The molecule has 0 aliphatic heterocycles. The molecule has 0 radical (unpaired) electrons. The molecule has 0 aromatic carbocycles. The van der Waals surface area contributed by atoms with Gasteiger partial charge < -0.3 is 14.3 Å². The molecule has 0 fully saturated rings. The molecule has 1 unspecified atom stereocenters. The third kappa shape index (κ3) is 6.01. The summed E-state index contributed by atoms with van der Waals surface area (Å²) < 4.78 is 10.1. The Balaban J connectivity index is 3.43. The molecule has 0 N–H and O–H groups in total. The van der Waals surface area contributed by atoms with E-state index in [0.29, 0.717) is 19.4 Å². The maximum atomic E-state index is 10.6. The van der Waals surface area contributed by atoms with Crippen molar-refractivity contribution >= 4 is 5.78 Å². The monoisotopic (exact) mass is 160 g/mol. The molecule has 0 spiro atoms. The number of hydrogen-bond donors (Lipinski definition) is 0. The van der Waals surface area contributed by atoms with E-state index < -0.39 is 0 Å². The predicted octanol–water partition coefficient (Wildman–Crippen LogP) is 1.36. The normalized spacial score (nSPS) is 13.0. The third-order valence-electron chi connectivity index (χ3n) is 1.35. The molecule has 11 heavy (non-hydrogen) atoms. The maximum absolute atomic E-state index is 10.6. The molecule has 3 heteroatoms. The van der Waals surface area contributed by atoms with E-state index in [0.717, 1.165) is 0 Å². The van der Waals surface area contributed by atoms with E-state index in [2.05, 4.69) is 0 Å². The number of carbonyl (C=O) groups is 1. The first-order valence-electron chi connectivity index (χ1n) is 3.84. The van der Waals surface area contributed by atoms with E-state index in [1.54, 1.807) is 14.0 Å². The third-order valence-corrected chi connectivity index (χ3v) is 1.35. The SMILES string of the molecule is CCOC(CCC(C)=O)OC. The van der Waals surface area contributed by atoms with Gasteiger partial charge in [-0.1, -0.05) is 0 Å². The summed E-state index contributed by atoms with van der Waals surface area (Å²) in [6.07, 6.45) is 0.960. The zero-order chi connectivity index (χ0) is 8.69. The van der Waals surface area contributed by atoms with Crippen LogP contribution in [-0.2, 0) is 14.3 Å². The second-order valence-corrected chi connectivity index (χ2v) is 2.36. The van der Waals surface area contributed by atoms with Crippen molar-refractivity contribution in [2.75, 3.05) is 13.7 Å². The molecule has 0 saturated carbocycles. The topological polar surface area (TPSA) is 35.5 Å². The zero-order valence-corrected chi connectivity index (χ0v) is 7.42. The van der Waals surface area contributed by atoms with Gasteiger partial charge in [0.1, 0.15) is 5.78 Å². The minimum Gasteiger partial charge on any atom is -0.356 e. The van der Waals surface area contributed by atoms with Gasteiger partial charge >= 0.3 is 0 Å². The van der Waals surface area contributed by atoms with Gasteiger partial charge in [-0.15, -0.1) is 0 Å². The molecule has 66 valence electrons. The number of rotatable bonds is 6. The summed E-state index contributed by atoms with van der Waals surface area (Å²) in [7, 11) is 1.58. The van der Waals surface area contributed by atoms with Crippen LogP contribution >= 0.6 is 0 Å². The summed E-state index contributed by atoms with van der Waals surface area (Å²) in [5.74, 6) is 0.173. The Morgan fingerprint density at radius 3 is 2.55 bits per heavy atom. The van der Waals surface area contributed by atoms with E-state index in [1.165, 1.54) is 0 Å². The second-order valence-electron chi connectivity index (χ2n) is 2.36. The Hall–Kier alpha value is -0.410. The van der Waals surface area contributed by atoms with Crippen molar-refractivity contribution in [3.8, 4) is 0 Å². The predicted molar refractivity (Wildman–Crippen MR) is 42.3 cm³/mol. The highest BCUT2D eigenvalue weighted by Crippen LogP contribution is 2.02. The molecule has 0 bridgehead atoms. The van der Waals surface area contributed by atoms with Crippen LogP contribution in [0.1, 0.15) is 26.7 Å². The van der Waals surface area contributed by atoms with E-state index in [1.807, 2.05) is 6.92 Å². The molecule has 0 saturated heterocycles. The lowest BCUT2D eigenvalue weighted by Gasteiger charge is -2.13. The molecule has 0 heterocycles. The highest BCUT2D eigenvalue weighted by Gasteiger charge is 2.06. The molecular weight excluding hydrogens is 144 g/mol. The van der Waals surface area contributed by atoms with Crippen LogP contribution in [0, 0.1) is 0 Å². The number of ether oxygens (including phenoxy) is 2. The highest BCUT2D eigenvalue weighted by molar-refractivity contribution is 5.75. The maximum Gasteiger partial charge on any atom is 0.157 e. The summed E-state index contributed by atoms with van der Waals surface area (Å²) in [6, 6.07) is 0. The second kappa shape index (κ2) is 6.31. The van der Waals surface area contributed by atoms with E-state index in [4.69, 9.17) is 9.47 Å². The molecule has 3 nitrogen and oxygen atoms in total. The molecule has 0 aromatic heterocycles. The van der Waals surface area contributed by atoms with Gasteiger partial charge in [0.15, 0.2) is 6.29 Å². The molecule has 0 aliphatic rings. The molecule has 0 rings (SSSR count). The Kier molecular flexibility index (Phi) is 6.07. The fraction of sp³-hybridized carbons (Fsp3) is 0.875. The van der Waals surface area contributed by atoms with E-state index in [9.17, 15) is 4.79 Å². The number of methoxy groups -OCH3 is 1. The highest BCUT2D eigenvalue weighted by atomic mass is 16.7. The minimum atomic E-state index is -0.219. The summed E-state index contributed by atoms with van der Waals surface area (Å²) in [5, 5.41) is 0. The van der Waals surface area contributed by atoms with Crippen LogP contribution < -0.4 is 0 Å². The van der Waals surface area contributed by atoms with Crippen molar-refractivity contribution < 1.29 is 14.3 Å². The van der Waals surface area contributed by atoms with Gasteiger partial charge in [-0.2, -0.15) is 0 Å². The fourth-order valence-corrected chi connectivity index (χ4v) is 0.776. The minimum absolute atomic E-state index is 0.173. The lowest BCUT2D eigenvalue weighted by atomic mass is 10.2. The first-order valence-corrected chi connectivity index (χ1v) is 3.84. The Labute approximate surface area is 67.7 Å². The first kappa shape index (κ1) is 10.6. The van der Waals surface area contributed by atoms with Crippen LogP contribution in [-0.4, -0.2) is 25.8 Å². The standard InChI is InChI=1S/C8H16O3/c1-4-11-8(10-3)6-5-7(2)9/h8H,4-6H2,1-3H3. The molecular formula is C8H16O3. The van der Waals surface area contributed by atoms with Crippen LogP contribution in [0.25, 0.3) is 0 Å². The van der Waals surface area contributed by atoms with Crippen LogP contribution in [0.5, 0.6) is 0 Å². The Morgan fingerprint density at radius 2 is 2.18 bits per heavy atom. The summed E-state index contributed by atoms with van der Waals surface area (Å²) in [4.78, 5) is 10.6. The van der Waals surface area contributed by atoms with Crippen molar-refractivity contribution in [2.45, 2.75) is 33.0 Å². The number of carbonyl (C=O) groups excluding carboxylic acids is 1. The van der Waals surface area contributed by atoms with Crippen molar-refractivity contribution in [1.82, 2.24) is 0 Å². The molecule has 1 atom stereocenters. The largest absolute Gasteiger partial charge is 0.356 e.